The maximum Gasteiger partial charge on any atom is 0.416 e. The molecule has 2 heterocycles. The highest BCUT2D eigenvalue weighted by molar-refractivity contribution is 6.10. The van der Waals surface area contributed by atoms with Crippen molar-refractivity contribution in [3.05, 3.63) is 94.8 Å². The van der Waals surface area contributed by atoms with Gasteiger partial charge in [0.05, 0.1) is 42.6 Å². The molecule has 1 unspecified atom stereocenters. The van der Waals surface area contributed by atoms with Crippen LogP contribution in [0.15, 0.2) is 83.1 Å². The summed E-state index contributed by atoms with van der Waals surface area (Å²) in [5.74, 6) is 0.828. The number of carbonyl (C=O) groups is 1. The van der Waals surface area contributed by atoms with Gasteiger partial charge in [-0.15, -0.1) is 0 Å². The zero-order chi connectivity index (χ0) is 27.7. The first-order valence-corrected chi connectivity index (χ1v) is 11.9. The molecule has 4 aromatic rings. The Kier molecular flexibility index (Phi) is 6.73. The first kappa shape index (κ1) is 25.8. The number of amides is 1. The number of ether oxygens (including phenoxy) is 2. The van der Waals surface area contributed by atoms with E-state index in [1.54, 1.807) is 49.5 Å². The second-order valence-corrected chi connectivity index (χ2v) is 8.83. The van der Waals surface area contributed by atoms with Crippen LogP contribution in [0.3, 0.4) is 0 Å². The molecule has 1 aromatic heterocycles. The zero-order valence-corrected chi connectivity index (χ0v) is 21.2. The quantitative estimate of drug-likeness (QED) is 0.298. The van der Waals surface area contributed by atoms with Crippen molar-refractivity contribution in [2.75, 3.05) is 19.5 Å². The lowest BCUT2D eigenvalue weighted by molar-refractivity contribution is -0.137. The highest BCUT2D eigenvalue weighted by atomic mass is 19.4. The predicted octanol–water partition coefficient (Wildman–Crippen LogP) is 5.60. The van der Waals surface area contributed by atoms with Crippen LogP contribution in [0.5, 0.6) is 11.5 Å². The Morgan fingerprint density at radius 2 is 1.79 bits per heavy atom. The highest BCUT2D eigenvalue weighted by Crippen LogP contribution is 2.37. The SMILES string of the molecule is COc1cccc(C2=NC(c3ccc(C(F)(F)F)cc3)C(C(=O)Nc3ccc4[nH]ncc4c3)=C(C)N2)c1OC. The standard InChI is InChI=1S/C28H24F3N5O3/c1-15-23(27(37)34-19-11-12-21-17(13-19)14-32-36-21)24(16-7-9-18(10-8-16)28(29,30)31)35-26(33-15)20-5-4-6-22(38-2)25(20)39-3/h4-14,24H,1-3H3,(H,32,36)(H,33,35)(H,34,37). The minimum absolute atomic E-state index is 0.257. The van der Waals surface area contributed by atoms with E-state index in [0.717, 1.165) is 23.0 Å². The van der Waals surface area contributed by atoms with Crippen LogP contribution < -0.4 is 20.1 Å². The number of para-hydroxylation sites is 1. The van der Waals surface area contributed by atoms with E-state index in [1.165, 1.54) is 26.4 Å². The molecule has 1 aliphatic rings. The number of carbonyl (C=O) groups excluding carboxylic acids is 1. The van der Waals surface area contributed by atoms with Gasteiger partial charge in [-0.3, -0.25) is 14.9 Å². The number of nitrogens with one attached hydrogen (secondary N) is 3. The molecule has 1 atom stereocenters. The predicted molar refractivity (Wildman–Crippen MR) is 141 cm³/mol. The number of hydrogen-bond donors (Lipinski definition) is 3. The average molecular weight is 536 g/mol. The molecular formula is C28H24F3N5O3. The van der Waals surface area contributed by atoms with Gasteiger partial charge in [0, 0.05) is 16.8 Å². The third kappa shape index (κ3) is 5.02. The lowest BCUT2D eigenvalue weighted by Gasteiger charge is -2.28. The number of rotatable bonds is 6. The van der Waals surface area contributed by atoms with E-state index in [1.807, 2.05) is 0 Å². The molecule has 0 saturated carbocycles. The first-order chi connectivity index (χ1) is 18.7. The molecule has 3 aromatic carbocycles. The molecule has 39 heavy (non-hydrogen) atoms. The summed E-state index contributed by atoms with van der Waals surface area (Å²) in [7, 11) is 3.01. The third-order valence-electron chi connectivity index (χ3n) is 6.40. The number of allylic oxidation sites excluding steroid dienone is 1. The third-order valence-corrected chi connectivity index (χ3v) is 6.40. The van der Waals surface area contributed by atoms with Crippen molar-refractivity contribution in [1.29, 1.82) is 0 Å². The highest BCUT2D eigenvalue weighted by Gasteiger charge is 2.33. The number of H-pyrrole nitrogens is 1. The van der Waals surface area contributed by atoms with Crippen LogP contribution in [0.1, 0.15) is 29.7 Å². The molecule has 0 radical (unpaired) electrons. The van der Waals surface area contributed by atoms with Crippen molar-refractivity contribution >= 4 is 28.3 Å². The average Bonchev–Trinajstić information content (AvgIpc) is 3.39. The molecule has 11 heteroatoms. The topological polar surface area (TPSA) is 101 Å². The smallest absolute Gasteiger partial charge is 0.416 e. The number of fused-ring (bicyclic) bond motifs is 1. The number of hydrogen-bond acceptors (Lipinski definition) is 6. The molecule has 0 spiro atoms. The minimum atomic E-state index is -4.49. The van der Waals surface area contributed by atoms with Gasteiger partial charge >= 0.3 is 6.18 Å². The van der Waals surface area contributed by atoms with Gasteiger partial charge in [-0.05, 0) is 55.0 Å². The molecule has 200 valence electrons. The summed E-state index contributed by atoms with van der Waals surface area (Å²) < 4.78 is 50.7. The van der Waals surface area contributed by atoms with Gasteiger partial charge in [0.15, 0.2) is 11.5 Å². The van der Waals surface area contributed by atoms with Crippen LogP contribution in [0.25, 0.3) is 10.9 Å². The van der Waals surface area contributed by atoms with Crippen LogP contribution in [-0.2, 0) is 11.0 Å². The summed E-state index contributed by atoms with van der Waals surface area (Å²) in [6.07, 6.45) is -2.85. The first-order valence-electron chi connectivity index (χ1n) is 11.9. The minimum Gasteiger partial charge on any atom is -0.493 e. The number of methoxy groups -OCH3 is 2. The van der Waals surface area contributed by atoms with Crippen LogP contribution in [0, 0.1) is 0 Å². The Balaban J connectivity index is 1.57. The second kappa shape index (κ2) is 10.2. The summed E-state index contributed by atoms with van der Waals surface area (Å²) in [6.45, 7) is 1.71. The number of benzene rings is 3. The van der Waals surface area contributed by atoms with Gasteiger partial charge in [-0.25, -0.2) is 0 Å². The fourth-order valence-electron chi connectivity index (χ4n) is 4.50. The number of aromatic amines is 1. The molecule has 1 amide bonds. The fourth-order valence-corrected chi connectivity index (χ4v) is 4.50. The Bertz CT molecular complexity index is 1610. The van der Waals surface area contributed by atoms with Crippen LogP contribution in [0.2, 0.25) is 0 Å². The van der Waals surface area contributed by atoms with E-state index in [9.17, 15) is 18.0 Å². The molecule has 3 N–H and O–H groups in total. The van der Waals surface area contributed by atoms with Gasteiger partial charge in [0.1, 0.15) is 11.9 Å². The van der Waals surface area contributed by atoms with Crippen molar-refractivity contribution in [3.63, 3.8) is 0 Å². The van der Waals surface area contributed by atoms with Gasteiger partial charge in [-0.1, -0.05) is 18.2 Å². The largest absolute Gasteiger partial charge is 0.493 e. The second-order valence-electron chi connectivity index (χ2n) is 8.83. The van der Waals surface area contributed by atoms with E-state index < -0.39 is 23.7 Å². The molecule has 0 aliphatic carbocycles. The molecular weight excluding hydrogens is 511 g/mol. The normalized spacial score (nSPS) is 15.5. The molecule has 0 fully saturated rings. The molecule has 1 aliphatic heterocycles. The van der Waals surface area contributed by atoms with Crippen LogP contribution in [-0.4, -0.2) is 36.2 Å². The van der Waals surface area contributed by atoms with E-state index in [0.29, 0.717) is 39.8 Å². The number of halogens is 3. The van der Waals surface area contributed by atoms with Gasteiger partial charge in [-0.2, -0.15) is 18.3 Å². The Morgan fingerprint density at radius 1 is 1.03 bits per heavy atom. The van der Waals surface area contributed by atoms with E-state index in [2.05, 4.69) is 20.8 Å². The number of anilines is 1. The maximum absolute atomic E-state index is 13.6. The lowest BCUT2D eigenvalue weighted by Crippen LogP contribution is -2.34. The van der Waals surface area contributed by atoms with Crippen molar-refractivity contribution in [2.24, 2.45) is 4.99 Å². The molecule has 0 saturated heterocycles. The zero-order valence-electron chi connectivity index (χ0n) is 21.2. The monoisotopic (exact) mass is 535 g/mol. The van der Waals surface area contributed by atoms with Crippen molar-refractivity contribution in [1.82, 2.24) is 15.5 Å². The Hall–Kier alpha value is -4.80. The summed E-state index contributed by atoms with van der Waals surface area (Å²) >= 11 is 0. The van der Waals surface area contributed by atoms with Crippen LogP contribution in [0.4, 0.5) is 18.9 Å². The maximum atomic E-state index is 13.6. The van der Waals surface area contributed by atoms with Gasteiger partial charge in [0.25, 0.3) is 5.91 Å². The van der Waals surface area contributed by atoms with Crippen molar-refractivity contribution < 1.29 is 27.4 Å². The van der Waals surface area contributed by atoms with Crippen LogP contribution >= 0.6 is 0 Å². The van der Waals surface area contributed by atoms with E-state index in [4.69, 9.17) is 14.5 Å². The van der Waals surface area contributed by atoms with Crippen molar-refractivity contribution in [2.45, 2.75) is 19.1 Å². The van der Waals surface area contributed by atoms with Gasteiger partial charge < -0.3 is 20.1 Å². The number of amidine groups is 1. The van der Waals surface area contributed by atoms with E-state index in [-0.39, 0.29) is 5.57 Å². The summed E-state index contributed by atoms with van der Waals surface area (Å²) in [4.78, 5) is 18.4. The fraction of sp³-hybridized carbons (Fsp3) is 0.179. The summed E-state index contributed by atoms with van der Waals surface area (Å²) in [5.41, 5.74) is 2.27. The number of aromatic nitrogens is 2. The van der Waals surface area contributed by atoms with E-state index >= 15 is 0 Å². The number of alkyl halides is 3. The van der Waals surface area contributed by atoms with Crippen molar-refractivity contribution in [3.8, 4) is 11.5 Å². The summed E-state index contributed by atoms with van der Waals surface area (Å²) in [6, 6.07) is 14.3. The van der Waals surface area contributed by atoms with Gasteiger partial charge in [0.2, 0.25) is 0 Å². The Morgan fingerprint density at radius 3 is 2.49 bits per heavy atom. The Labute approximate surface area is 221 Å². The lowest BCUT2D eigenvalue weighted by atomic mass is 9.93. The molecule has 0 bridgehead atoms. The molecule has 8 nitrogen and oxygen atoms in total. The number of nitrogens with zero attached hydrogens (tertiary/aromatic N) is 2. The number of aliphatic imine (C=N–C) groups is 1. The summed E-state index contributed by atoms with van der Waals surface area (Å²) in [5, 5.41) is 13.7. The molecule has 5 rings (SSSR count).